The Morgan fingerprint density at radius 1 is 1.47 bits per heavy atom. The van der Waals surface area contributed by atoms with Crippen molar-refractivity contribution in [3.05, 3.63) is 24.5 Å². The topological polar surface area (TPSA) is 68.0 Å². The number of halogens is 1. The molecule has 1 aromatic heterocycles. The van der Waals surface area contributed by atoms with Crippen LogP contribution in [0.5, 0.6) is 0 Å². The average Bonchev–Trinajstić information content (AvgIpc) is 2.37. The van der Waals surface area contributed by atoms with Gasteiger partial charge >= 0.3 is 0 Å². The molecular formula is C13H22ClN3OS. The molecule has 0 aliphatic rings. The smallest absolute Gasteiger partial charge is 0.230 e. The van der Waals surface area contributed by atoms with Crippen molar-refractivity contribution in [1.82, 2.24) is 10.3 Å². The van der Waals surface area contributed by atoms with Crippen molar-refractivity contribution in [1.29, 1.82) is 0 Å². The zero-order valence-electron chi connectivity index (χ0n) is 11.6. The second-order valence-corrected chi connectivity index (χ2v) is 5.84. The first-order valence-corrected chi connectivity index (χ1v) is 7.00. The van der Waals surface area contributed by atoms with Gasteiger partial charge in [0.05, 0.1) is 11.3 Å². The van der Waals surface area contributed by atoms with Gasteiger partial charge in [0.15, 0.2) is 0 Å². The van der Waals surface area contributed by atoms with Crippen LogP contribution in [-0.4, -0.2) is 28.7 Å². The van der Waals surface area contributed by atoms with E-state index in [0.717, 1.165) is 4.90 Å². The summed E-state index contributed by atoms with van der Waals surface area (Å²) in [6.45, 7) is 6.54. The predicted octanol–water partition coefficient (Wildman–Crippen LogP) is 2.09. The van der Waals surface area contributed by atoms with Crippen LogP contribution in [0.15, 0.2) is 29.4 Å². The van der Waals surface area contributed by atoms with Crippen LogP contribution in [0.4, 0.5) is 0 Å². The van der Waals surface area contributed by atoms with Gasteiger partial charge < -0.3 is 11.1 Å². The number of nitrogens with one attached hydrogen (secondary N) is 1. The van der Waals surface area contributed by atoms with Gasteiger partial charge in [0.1, 0.15) is 0 Å². The number of nitrogens with zero attached hydrogens (tertiary/aromatic N) is 1. The minimum absolute atomic E-state index is 0. The summed E-state index contributed by atoms with van der Waals surface area (Å²) in [5.74, 6) is 0.711. The molecule has 0 radical (unpaired) electrons. The number of aromatic nitrogens is 1. The first kappa shape index (κ1) is 18.2. The molecule has 0 spiro atoms. The van der Waals surface area contributed by atoms with E-state index in [0.29, 0.717) is 18.2 Å². The minimum atomic E-state index is -0.337. The Balaban J connectivity index is 0.00000324. The van der Waals surface area contributed by atoms with Crippen LogP contribution in [0.1, 0.15) is 20.8 Å². The summed E-state index contributed by atoms with van der Waals surface area (Å²) in [5, 5.41) is 3.01. The zero-order valence-corrected chi connectivity index (χ0v) is 13.2. The first-order valence-electron chi connectivity index (χ1n) is 6.02. The highest BCUT2D eigenvalue weighted by atomic mass is 35.5. The summed E-state index contributed by atoms with van der Waals surface area (Å²) < 4.78 is 0. The van der Waals surface area contributed by atoms with Gasteiger partial charge in [-0.05, 0) is 25.0 Å². The standard InChI is InChI=1S/C13H21N3OS.ClH/c1-10(2)13(3,9-14)16-12(17)8-18-11-4-6-15-7-5-11;/h4-7,10H,8-9,14H2,1-3H3,(H,16,17);1H. The lowest BCUT2D eigenvalue weighted by atomic mass is 9.88. The van der Waals surface area contributed by atoms with Crippen molar-refractivity contribution in [2.75, 3.05) is 12.3 Å². The number of pyridine rings is 1. The van der Waals surface area contributed by atoms with Crippen LogP contribution in [0.2, 0.25) is 0 Å². The molecule has 0 saturated heterocycles. The third-order valence-corrected chi connectivity index (χ3v) is 4.15. The molecule has 0 aliphatic carbocycles. The summed E-state index contributed by atoms with van der Waals surface area (Å²) in [5.41, 5.74) is 5.40. The van der Waals surface area contributed by atoms with Crippen molar-refractivity contribution in [2.24, 2.45) is 11.7 Å². The molecule has 0 saturated carbocycles. The number of rotatable bonds is 6. The van der Waals surface area contributed by atoms with Crippen molar-refractivity contribution in [3.8, 4) is 0 Å². The summed E-state index contributed by atoms with van der Waals surface area (Å²) in [7, 11) is 0. The average molecular weight is 304 g/mol. The van der Waals surface area contributed by atoms with Crippen molar-refractivity contribution in [2.45, 2.75) is 31.2 Å². The Labute approximate surface area is 125 Å². The molecule has 3 N–H and O–H groups in total. The van der Waals surface area contributed by atoms with Gasteiger partial charge in [-0.3, -0.25) is 9.78 Å². The normalized spacial score (nSPS) is 13.5. The summed E-state index contributed by atoms with van der Waals surface area (Å²) in [6.07, 6.45) is 3.44. The molecular weight excluding hydrogens is 282 g/mol. The van der Waals surface area contributed by atoms with E-state index in [1.807, 2.05) is 19.1 Å². The molecule has 0 aromatic carbocycles. The first-order chi connectivity index (χ1) is 8.48. The van der Waals surface area contributed by atoms with Crippen LogP contribution in [0.25, 0.3) is 0 Å². The Bertz CT molecular complexity index is 389. The molecule has 1 aromatic rings. The van der Waals surface area contributed by atoms with E-state index in [1.165, 1.54) is 11.8 Å². The number of carbonyl (C=O) groups is 1. The fourth-order valence-electron chi connectivity index (χ4n) is 1.37. The highest BCUT2D eigenvalue weighted by molar-refractivity contribution is 8.00. The van der Waals surface area contributed by atoms with Crippen LogP contribution in [0, 0.1) is 5.92 Å². The van der Waals surface area contributed by atoms with E-state index in [1.54, 1.807) is 12.4 Å². The molecule has 0 aliphatic heterocycles. The van der Waals surface area contributed by atoms with Gasteiger partial charge in [0, 0.05) is 23.8 Å². The third-order valence-electron chi connectivity index (χ3n) is 3.14. The molecule has 4 nitrogen and oxygen atoms in total. The van der Waals surface area contributed by atoms with Crippen LogP contribution < -0.4 is 11.1 Å². The van der Waals surface area contributed by atoms with E-state index < -0.39 is 0 Å². The van der Waals surface area contributed by atoms with Crippen LogP contribution >= 0.6 is 24.2 Å². The van der Waals surface area contributed by atoms with E-state index in [9.17, 15) is 4.79 Å². The Kier molecular flexibility index (Phi) is 8.06. The quantitative estimate of drug-likeness (QED) is 0.790. The summed E-state index contributed by atoms with van der Waals surface area (Å²) in [4.78, 5) is 16.9. The number of hydrogen-bond donors (Lipinski definition) is 2. The molecule has 1 unspecified atom stereocenters. The van der Waals surface area contributed by atoms with Crippen LogP contribution in [0.3, 0.4) is 0 Å². The van der Waals surface area contributed by atoms with E-state index >= 15 is 0 Å². The Morgan fingerprint density at radius 2 is 2.05 bits per heavy atom. The fraction of sp³-hybridized carbons (Fsp3) is 0.538. The van der Waals surface area contributed by atoms with Crippen molar-refractivity contribution in [3.63, 3.8) is 0 Å². The number of nitrogens with two attached hydrogens (primary N) is 1. The lowest BCUT2D eigenvalue weighted by Gasteiger charge is -2.33. The SMILES string of the molecule is CC(C)C(C)(CN)NC(=O)CSc1ccncc1.Cl. The Morgan fingerprint density at radius 3 is 2.53 bits per heavy atom. The zero-order chi connectivity index (χ0) is 13.6. The van der Waals surface area contributed by atoms with Crippen molar-refractivity contribution >= 4 is 30.1 Å². The van der Waals surface area contributed by atoms with Gasteiger partial charge in [0.2, 0.25) is 5.91 Å². The van der Waals surface area contributed by atoms with Gasteiger partial charge in [-0.15, -0.1) is 24.2 Å². The second-order valence-electron chi connectivity index (χ2n) is 4.80. The summed E-state index contributed by atoms with van der Waals surface area (Å²) in [6, 6.07) is 3.78. The second kappa shape index (κ2) is 8.40. The van der Waals surface area contributed by atoms with Gasteiger partial charge in [0.25, 0.3) is 0 Å². The third kappa shape index (κ3) is 5.80. The molecule has 0 bridgehead atoms. The molecule has 1 rings (SSSR count). The highest BCUT2D eigenvalue weighted by Gasteiger charge is 2.28. The monoisotopic (exact) mass is 303 g/mol. The maximum absolute atomic E-state index is 11.9. The maximum Gasteiger partial charge on any atom is 0.230 e. The van der Waals surface area contributed by atoms with Gasteiger partial charge in [-0.1, -0.05) is 13.8 Å². The molecule has 1 heterocycles. The number of hydrogen-bond acceptors (Lipinski definition) is 4. The number of carbonyl (C=O) groups excluding carboxylic acids is 1. The van der Waals surface area contributed by atoms with Crippen LogP contribution in [-0.2, 0) is 4.79 Å². The molecule has 0 fully saturated rings. The highest BCUT2D eigenvalue weighted by Crippen LogP contribution is 2.18. The fourth-order valence-corrected chi connectivity index (χ4v) is 2.05. The largest absolute Gasteiger partial charge is 0.349 e. The molecule has 1 amide bonds. The minimum Gasteiger partial charge on any atom is -0.349 e. The van der Waals surface area contributed by atoms with E-state index in [-0.39, 0.29) is 23.9 Å². The van der Waals surface area contributed by atoms with Crippen molar-refractivity contribution < 1.29 is 4.79 Å². The van der Waals surface area contributed by atoms with Gasteiger partial charge in [-0.25, -0.2) is 0 Å². The molecule has 108 valence electrons. The lowest BCUT2D eigenvalue weighted by molar-refractivity contribution is -0.120. The molecule has 19 heavy (non-hydrogen) atoms. The molecule has 1 atom stereocenters. The maximum atomic E-state index is 11.9. The number of amides is 1. The Hall–Kier alpha value is -0.780. The predicted molar refractivity (Wildman–Crippen MR) is 82.6 cm³/mol. The lowest BCUT2D eigenvalue weighted by Crippen LogP contribution is -2.55. The van der Waals surface area contributed by atoms with E-state index in [2.05, 4.69) is 24.1 Å². The van der Waals surface area contributed by atoms with Gasteiger partial charge in [-0.2, -0.15) is 0 Å². The van der Waals surface area contributed by atoms with E-state index in [4.69, 9.17) is 5.73 Å². The summed E-state index contributed by atoms with van der Waals surface area (Å²) >= 11 is 1.50. The molecule has 6 heteroatoms. The number of thioether (sulfide) groups is 1.